The number of amides is 2. The number of anilines is 1. The molecule has 1 atom stereocenters. The van der Waals surface area contributed by atoms with Gasteiger partial charge < -0.3 is 15.5 Å². The van der Waals surface area contributed by atoms with Gasteiger partial charge in [-0.05, 0) is 38.5 Å². The Balaban J connectivity index is 1.63. The van der Waals surface area contributed by atoms with Gasteiger partial charge in [0.1, 0.15) is 6.10 Å². The van der Waals surface area contributed by atoms with Crippen molar-refractivity contribution in [1.82, 2.24) is 15.1 Å². The molecule has 2 heterocycles. The summed E-state index contributed by atoms with van der Waals surface area (Å²) in [6.07, 6.45) is 1.55. The van der Waals surface area contributed by atoms with Crippen molar-refractivity contribution >= 4 is 17.4 Å². The molecule has 2 aromatic rings. The zero-order valence-electron chi connectivity index (χ0n) is 14.7. The normalized spacial score (nSPS) is 16.3. The number of para-hydroxylation sites is 2. The Bertz CT molecular complexity index is 797. The van der Waals surface area contributed by atoms with Crippen LogP contribution >= 0.6 is 0 Å². The Hall–Kier alpha value is -2.83. The average Bonchev–Trinajstić information content (AvgIpc) is 3.19. The van der Waals surface area contributed by atoms with E-state index in [1.54, 1.807) is 0 Å². The predicted octanol–water partition coefficient (Wildman–Crippen LogP) is 3.17. The number of nitrogens with one attached hydrogen (secondary N) is 2. The minimum Gasteiger partial charge on any atom is -0.390 e. The maximum absolute atomic E-state index is 12.2. The summed E-state index contributed by atoms with van der Waals surface area (Å²) < 4.78 is 1.83. The number of rotatable bonds is 5. The number of aryl methyl sites for hydroxylation is 2. The van der Waals surface area contributed by atoms with Crippen LogP contribution in [0.3, 0.4) is 0 Å². The van der Waals surface area contributed by atoms with Crippen LogP contribution in [0.2, 0.25) is 0 Å². The minimum absolute atomic E-state index is 0.0908. The SMILES string of the molecule is CCC1=NOC(CNC(=O)Nc2ccccc2-n2nc(C)cc2C)C1. The molecule has 0 saturated heterocycles. The van der Waals surface area contributed by atoms with Crippen molar-refractivity contribution in [2.75, 3.05) is 11.9 Å². The fraction of sp³-hybridized carbons (Fsp3) is 0.389. The van der Waals surface area contributed by atoms with Crippen molar-refractivity contribution in [1.29, 1.82) is 0 Å². The van der Waals surface area contributed by atoms with Crippen LogP contribution in [-0.2, 0) is 4.84 Å². The molecule has 0 aliphatic carbocycles. The van der Waals surface area contributed by atoms with E-state index in [1.165, 1.54) is 0 Å². The van der Waals surface area contributed by atoms with Gasteiger partial charge in [0.25, 0.3) is 0 Å². The van der Waals surface area contributed by atoms with Gasteiger partial charge in [-0.25, -0.2) is 9.48 Å². The molecule has 7 nitrogen and oxygen atoms in total. The number of oxime groups is 1. The van der Waals surface area contributed by atoms with Crippen LogP contribution in [-0.4, -0.2) is 34.2 Å². The second kappa shape index (κ2) is 7.38. The largest absolute Gasteiger partial charge is 0.390 e. The molecule has 2 amide bonds. The highest BCUT2D eigenvalue weighted by Crippen LogP contribution is 2.21. The third-order valence-electron chi connectivity index (χ3n) is 4.08. The molecular formula is C18H23N5O2. The van der Waals surface area contributed by atoms with Crippen LogP contribution in [0.5, 0.6) is 0 Å². The smallest absolute Gasteiger partial charge is 0.319 e. The van der Waals surface area contributed by atoms with Crippen molar-refractivity contribution in [3.8, 4) is 5.69 Å². The zero-order chi connectivity index (χ0) is 17.8. The summed E-state index contributed by atoms with van der Waals surface area (Å²) in [5.74, 6) is 0. The maximum Gasteiger partial charge on any atom is 0.319 e. The summed E-state index contributed by atoms with van der Waals surface area (Å²) in [7, 11) is 0. The number of carbonyl (C=O) groups excluding carboxylic acids is 1. The predicted molar refractivity (Wildman–Crippen MR) is 97.3 cm³/mol. The topological polar surface area (TPSA) is 80.5 Å². The number of carbonyl (C=O) groups is 1. The highest BCUT2D eigenvalue weighted by Gasteiger charge is 2.20. The number of aromatic nitrogens is 2. The molecule has 0 radical (unpaired) electrons. The maximum atomic E-state index is 12.2. The lowest BCUT2D eigenvalue weighted by Crippen LogP contribution is -2.35. The van der Waals surface area contributed by atoms with Crippen molar-refractivity contribution in [3.63, 3.8) is 0 Å². The van der Waals surface area contributed by atoms with Gasteiger partial charge >= 0.3 is 6.03 Å². The molecule has 132 valence electrons. The summed E-state index contributed by atoms with van der Waals surface area (Å²) in [4.78, 5) is 17.5. The Kier molecular flexibility index (Phi) is 5.02. The zero-order valence-corrected chi connectivity index (χ0v) is 14.7. The first-order valence-electron chi connectivity index (χ1n) is 8.46. The van der Waals surface area contributed by atoms with Gasteiger partial charge in [-0.15, -0.1) is 0 Å². The lowest BCUT2D eigenvalue weighted by molar-refractivity contribution is 0.0870. The summed E-state index contributed by atoms with van der Waals surface area (Å²) in [6.45, 7) is 6.39. The van der Waals surface area contributed by atoms with Crippen molar-refractivity contribution in [2.45, 2.75) is 39.7 Å². The molecule has 2 N–H and O–H groups in total. The van der Waals surface area contributed by atoms with Crippen molar-refractivity contribution < 1.29 is 9.63 Å². The number of benzene rings is 1. The van der Waals surface area contributed by atoms with Crippen LogP contribution < -0.4 is 10.6 Å². The Morgan fingerprint density at radius 2 is 2.16 bits per heavy atom. The van der Waals surface area contributed by atoms with Gasteiger partial charge in [-0.2, -0.15) is 5.10 Å². The average molecular weight is 341 g/mol. The summed E-state index contributed by atoms with van der Waals surface area (Å²) in [5, 5.41) is 14.2. The van der Waals surface area contributed by atoms with E-state index in [9.17, 15) is 4.79 Å². The fourth-order valence-corrected chi connectivity index (χ4v) is 2.81. The fourth-order valence-electron chi connectivity index (χ4n) is 2.81. The number of nitrogens with zero attached hydrogens (tertiary/aromatic N) is 3. The molecule has 1 aliphatic heterocycles. The van der Waals surface area contributed by atoms with E-state index in [0.29, 0.717) is 12.2 Å². The molecular weight excluding hydrogens is 318 g/mol. The second-order valence-corrected chi connectivity index (χ2v) is 6.13. The van der Waals surface area contributed by atoms with Crippen LogP contribution in [0, 0.1) is 13.8 Å². The summed E-state index contributed by atoms with van der Waals surface area (Å²) in [6, 6.07) is 9.31. The number of hydrogen-bond donors (Lipinski definition) is 2. The minimum atomic E-state index is -0.275. The first kappa shape index (κ1) is 17.0. The van der Waals surface area contributed by atoms with Crippen molar-refractivity contribution in [3.05, 3.63) is 41.7 Å². The Morgan fingerprint density at radius 1 is 1.36 bits per heavy atom. The Morgan fingerprint density at radius 3 is 2.84 bits per heavy atom. The van der Waals surface area contributed by atoms with E-state index in [1.807, 2.05) is 55.8 Å². The molecule has 3 rings (SSSR count). The van der Waals surface area contributed by atoms with E-state index >= 15 is 0 Å². The molecule has 0 spiro atoms. The second-order valence-electron chi connectivity index (χ2n) is 6.13. The standard InChI is InChI=1S/C18H23N5O2/c1-4-14-10-15(25-22-14)11-19-18(24)20-16-7-5-6-8-17(16)23-13(3)9-12(2)21-23/h5-9,15H,4,10-11H2,1-3H3,(H2,19,20,24). The summed E-state index contributed by atoms with van der Waals surface area (Å²) >= 11 is 0. The number of hydrogen-bond acceptors (Lipinski definition) is 4. The first-order chi connectivity index (χ1) is 12.1. The van der Waals surface area contributed by atoms with E-state index < -0.39 is 0 Å². The van der Waals surface area contributed by atoms with Crippen LogP contribution in [0.15, 0.2) is 35.5 Å². The van der Waals surface area contributed by atoms with Gasteiger partial charge in [0, 0.05) is 12.1 Å². The number of urea groups is 1. The summed E-state index contributed by atoms with van der Waals surface area (Å²) in [5.41, 5.74) is 4.50. The molecule has 0 saturated carbocycles. The highest BCUT2D eigenvalue weighted by molar-refractivity contribution is 5.91. The van der Waals surface area contributed by atoms with Gasteiger partial charge in [-0.1, -0.05) is 24.2 Å². The third-order valence-corrected chi connectivity index (χ3v) is 4.08. The van der Waals surface area contributed by atoms with E-state index in [-0.39, 0.29) is 12.1 Å². The van der Waals surface area contributed by atoms with Crippen LogP contribution in [0.4, 0.5) is 10.5 Å². The first-order valence-corrected chi connectivity index (χ1v) is 8.46. The van der Waals surface area contributed by atoms with Crippen LogP contribution in [0.1, 0.15) is 31.2 Å². The van der Waals surface area contributed by atoms with Gasteiger partial charge in [-0.3, -0.25) is 0 Å². The lowest BCUT2D eigenvalue weighted by Gasteiger charge is -2.14. The molecule has 7 heteroatoms. The molecule has 1 aliphatic rings. The van der Waals surface area contributed by atoms with Crippen molar-refractivity contribution in [2.24, 2.45) is 5.16 Å². The quantitative estimate of drug-likeness (QED) is 0.876. The van der Waals surface area contributed by atoms with E-state index in [4.69, 9.17) is 4.84 Å². The molecule has 1 aromatic carbocycles. The molecule has 1 aromatic heterocycles. The third kappa shape index (κ3) is 3.99. The molecule has 0 fully saturated rings. The molecule has 25 heavy (non-hydrogen) atoms. The van der Waals surface area contributed by atoms with Gasteiger partial charge in [0.2, 0.25) is 0 Å². The lowest BCUT2D eigenvalue weighted by atomic mass is 10.1. The Labute approximate surface area is 147 Å². The van der Waals surface area contributed by atoms with Gasteiger partial charge in [0.15, 0.2) is 0 Å². The van der Waals surface area contributed by atoms with E-state index in [0.717, 1.165) is 35.6 Å². The monoisotopic (exact) mass is 341 g/mol. The van der Waals surface area contributed by atoms with Crippen LogP contribution in [0.25, 0.3) is 5.69 Å². The highest BCUT2D eigenvalue weighted by atomic mass is 16.6. The molecule has 1 unspecified atom stereocenters. The van der Waals surface area contributed by atoms with Gasteiger partial charge in [0.05, 0.1) is 29.3 Å². The van der Waals surface area contributed by atoms with E-state index in [2.05, 4.69) is 20.9 Å². The molecule has 0 bridgehead atoms.